The Kier molecular flexibility index (Phi) is 4.99. The number of thiazole rings is 1. The first-order valence-corrected chi connectivity index (χ1v) is 7.29. The van der Waals surface area contributed by atoms with Crippen molar-refractivity contribution in [3.05, 3.63) is 35.2 Å². The second-order valence-corrected chi connectivity index (χ2v) is 5.50. The lowest BCUT2D eigenvalue weighted by molar-refractivity contribution is 0.0951. The van der Waals surface area contributed by atoms with Gasteiger partial charge in [-0.25, -0.2) is 4.98 Å². The zero-order valence-electron chi connectivity index (χ0n) is 12.0. The van der Waals surface area contributed by atoms with Gasteiger partial charge in [-0.1, -0.05) is 29.5 Å². The van der Waals surface area contributed by atoms with Gasteiger partial charge in [-0.15, -0.1) is 0 Å². The topological polar surface area (TPSA) is 80.5 Å². The van der Waals surface area contributed by atoms with E-state index in [0.29, 0.717) is 23.2 Å². The Balaban J connectivity index is 1.82. The number of ether oxygens (including phenoxy) is 1. The van der Waals surface area contributed by atoms with E-state index in [0.717, 1.165) is 5.75 Å². The Morgan fingerprint density at radius 3 is 2.71 bits per heavy atom. The molecule has 112 valence electrons. The van der Waals surface area contributed by atoms with E-state index in [9.17, 15) is 4.79 Å². The van der Waals surface area contributed by atoms with Gasteiger partial charge in [0.1, 0.15) is 23.1 Å². The quantitative estimate of drug-likeness (QED) is 0.792. The number of nitrogens with two attached hydrogens (primary N) is 1. The summed E-state index contributed by atoms with van der Waals surface area (Å²) < 4.78 is 5.50. The van der Waals surface area contributed by atoms with Crippen molar-refractivity contribution in [1.82, 2.24) is 10.3 Å². The van der Waals surface area contributed by atoms with Crippen LogP contribution in [0.2, 0.25) is 0 Å². The number of amides is 1. The third kappa shape index (κ3) is 4.09. The summed E-state index contributed by atoms with van der Waals surface area (Å²) in [7, 11) is 3.71. The number of hydrogen-bond acceptors (Lipinski definition) is 6. The highest BCUT2D eigenvalue weighted by Crippen LogP contribution is 2.26. The van der Waals surface area contributed by atoms with Crippen LogP contribution in [0.4, 0.5) is 10.9 Å². The maximum Gasteiger partial charge on any atom is 0.265 e. The minimum absolute atomic E-state index is 0.227. The minimum atomic E-state index is -0.227. The smallest absolute Gasteiger partial charge is 0.265 e. The fourth-order valence-electron chi connectivity index (χ4n) is 1.60. The minimum Gasteiger partial charge on any atom is -0.492 e. The lowest BCUT2D eigenvalue weighted by Crippen LogP contribution is -2.28. The van der Waals surface area contributed by atoms with Gasteiger partial charge >= 0.3 is 0 Å². The Hall–Kier alpha value is -2.28. The van der Waals surface area contributed by atoms with Crippen LogP contribution in [0.5, 0.6) is 5.75 Å². The number of aromatic nitrogens is 1. The average Bonchev–Trinajstić information content (AvgIpc) is 2.87. The molecule has 2 rings (SSSR count). The molecule has 0 atom stereocenters. The Morgan fingerprint density at radius 1 is 1.38 bits per heavy atom. The second kappa shape index (κ2) is 6.94. The van der Waals surface area contributed by atoms with Gasteiger partial charge in [0.2, 0.25) is 0 Å². The molecule has 1 aromatic heterocycles. The number of hydrogen-bond donors (Lipinski definition) is 2. The Labute approximate surface area is 127 Å². The number of rotatable bonds is 6. The van der Waals surface area contributed by atoms with Crippen molar-refractivity contribution in [1.29, 1.82) is 0 Å². The summed E-state index contributed by atoms with van der Waals surface area (Å²) >= 11 is 1.27. The van der Waals surface area contributed by atoms with Crippen LogP contribution in [0.3, 0.4) is 0 Å². The molecule has 0 radical (unpaired) electrons. The number of nitrogens with zero attached hydrogens (tertiary/aromatic N) is 2. The van der Waals surface area contributed by atoms with E-state index in [1.54, 1.807) is 0 Å². The van der Waals surface area contributed by atoms with Crippen molar-refractivity contribution >= 4 is 28.2 Å². The van der Waals surface area contributed by atoms with Crippen LogP contribution >= 0.6 is 11.3 Å². The molecular weight excluding hydrogens is 288 g/mol. The van der Waals surface area contributed by atoms with Gasteiger partial charge in [0.25, 0.3) is 5.91 Å². The van der Waals surface area contributed by atoms with Crippen LogP contribution in [0, 0.1) is 0 Å². The van der Waals surface area contributed by atoms with Gasteiger partial charge in [0.05, 0.1) is 6.54 Å². The SMILES string of the molecule is CN(C)c1nc(N)c(C(=O)NCCOc2ccccc2)s1. The highest BCUT2D eigenvalue weighted by Gasteiger charge is 2.16. The van der Waals surface area contributed by atoms with Crippen molar-refractivity contribution in [3.63, 3.8) is 0 Å². The molecule has 0 aliphatic heterocycles. The molecule has 7 heteroatoms. The predicted octanol–water partition coefficient (Wildman–Crippen LogP) is 1.60. The van der Waals surface area contributed by atoms with Crippen molar-refractivity contribution < 1.29 is 9.53 Å². The summed E-state index contributed by atoms with van der Waals surface area (Å²) in [5.74, 6) is 0.805. The zero-order chi connectivity index (χ0) is 15.2. The molecule has 1 heterocycles. The molecule has 0 unspecified atom stereocenters. The Bertz CT molecular complexity index is 598. The van der Waals surface area contributed by atoms with Gasteiger partial charge in [-0.05, 0) is 12.1 Å². The molecule has 1 amide bonds. The highest BCUT2D eigenvalue weighted by atomic mass is 32.1. The number of carbonyl (C=O) groups is 1. The van der Waals surface area contributed by atoms with E-state index < -0.39 is 0 Å². The van der Waals surface area contributed by atoms with Gasteiger partial charge < -0.3 is 20.7 Å². The van der Waals surface area contributed by atoms with Gasteiger partial charge in [-0.2, -0.15) is 0 Å². The summed E-state index contributed by atoms with van der Waals surface area (Å²) in [5.41, 5.74) is 5.76. The number of benzene rings is 1. The largest absolute Gasteiger partial charge is 0.492 e. The summed E-state index contributed by atoms with van der Waals surface area (Å²) in [6.07, 6.45) is 0. The molecule has 0 fully saturated rings. The third-order valence-electron chi connectivity index (χ3n) is 2.63. The predicted molar refractivity (Wildman–Crippen MR) is 85.1 cm³/mol. The monoisotopic (exact) mass is 306 g/mol. The molecular formula is C14H18N4O2S. The lowest BCUT2D eigenvalue weighted by atomic mass is 10.3. The molecule has 2 aromatic rings. The van der Waals surface area contributed by atoms with Gasteiger partial charge in [-0.3, -0.25) is 4.79 Å². The highest BCUT2D eigenvalue weighted by molar-refractivity contribution is 7.18. The van der Waals surface area contributed by atoms with Crippen LogP contribution in [0.1, 0.15) is 9.67 Å². The molecule has 0 aliphatic rings. The number of nitrogens with one attached hydrogen (secondary N) is 1. The van der Waals surface area contributed by atoms with E-state index in [4.69, 9.17) is 10.5 Å². The molecule has 0 aliphatic carbocycles. The first-order chi connectivity index (χ1) is 10.1. The second-order valence-electron chi connectivity index (χ2n) is 4.52. The van der Waals surface area contributed by atoms with E-state index in [-0.39, 0.29) is 11.7 Å². The number of para-hydroxylation sites is 1. The average molecular weight is 306 g/mol. The van der Waals surface area contributed by atoms with Crippen LogP contribution in [0.15, 0.2) is 30.3 Å². The summed E-state index contributed by atoms with van der Waals surface area (Å²) in [6, 6.07) is 9.45. The first-order valence-electron chi connectivity index (χ1n) is 6.47. The summed E-state index contributed by atoms with van der Waals surface area (Å²) in [6.45, 7) is 0.803. The lowest BCUT2D eigenvalue weighted by Gasteiger charge is -2.07. The van der Waals surface area contributed by atoms with Gasteiger partial charge in [0, 0.05) is 14.1 Å². The fraction of sp³-hybridized carbons (Fsp3) is 0.286. The molecule has 0 saturated carbocycles. The summed E-state index contributed by atoms with van der Waals surface area (Å²) in [5, 5.41) is 3.48. The molecule has 21 heavy (non-hydrogen) atoms. The number of anilines is 2. The number of carbonyl (C=O) groups excluding carboxylic acids is 1. The molecule has 0 bridgehead atoms. The molecule has 6 nitrogen and oxygen atoms in total. The molecule has 0 spiro atoms. The summed E-state index contributed by atoms with van der Waals surface area (Å²) in [4.78, 5) is 18.4. The maximum atomic E-state index is 12.0. The van der Waals surface area contributed by atoms with Crippen molar-refractivity contribution in [2.45, 2.75) is 0 Å². The van der Waals surface area contributed by atoms with E-state index in [2.05, 4.69) is 10.3 Å². The standard InChI is InChI=1S/C14H18N4O2S/c1-18(2)14-17-12(15)11(21-14)13(19)16-8-9-20-10-6-4-3-5-7-10/h3-7H,8-9,15H2,1-2H3,(H,16,19). The van der Waals surface area contributed by atoms with Crippen LogP contribution in [-0.4, -0.2) is 38.1 Å². The van der Waals surface area contributed by atoms with Crippen LogP contribution < -0.4 is 20.7 Å². The van der Waals surface area contributed by atoms with Crippen LogP contribution in [-0.2, 0) is 0 Å². The maximum absolute atomic E-state index is 12.0. The Morgan fingerprint density at radius 2 is 2.10 bits per heavy atom. The van der Waals surface area contributed by atoms with E-state index >= 15 is 0 Å². The first kappa shape index (κ1) is 15.1. The van der Waals surface area contributed by atoms with Gasteiger partial charge in [0.15, 0.2) is 5.13 Å². The molecule has 3 N–H and O–H groups in total. The molecule has 1 aromatic carbocycles. The van der Waals surface area contributed by atoms with E-state index in [1.165, 1.54) is 11.3 Å². The fourth-order valence-corrected chi connectivity index (χ4v) is 2.43. The van der Waals surface area contributed by atoms with Crippen molar-refractivity contribution in [2.75, 3.05) is 37.9 Å². The zero-order valence-corrected chi connectivity index (χ0v) is 12.8. The van der Waals surface area contributed by atoms with Crippen LogP contribution in [0.25, 0.3) is 0 Å². The number of nitrogen functional groups attached to an aromatic ring is 1. The molecule has 0 saturated heterocycles. The third-order valence-corrected chi connectivity index (χ3v) is 3.87. The van der Waals surface area contributed by atoms with Crippen molar-refractivity contribution in [3.8, 4) is 5.75 Å². The normalized spacial score (nSPS) is 10.2. The van der Waals surface area contributed by atoms with E-state index in [1.807, 2.05) is 49.3 Å². The van der Waals surface area contributed by atoms with Crippen molar-refractivity contribution in [2.24, 2.45) is 0 Å².